The summed E-state index contributed by atoms with van der Waals surface area (Å²) < 4.78 is 4.43. The number of benzene rings is 1. The summed E-state index contributed by atoms with van der Waals surface area (Å²) in [5.74, 6) is -1.20. The molecule has 3 N–H and O–H groups in total. The Labute approximate surface area is 120 Å². The Morgan fingerprint density at radius 1 is 1.29 bits per heavy atom. The van der Waals surface area contributed by atoms with Crippen LogP contribution >= 0.6 is 0 Å². The van der Waals surface area contributed by atoms with Crippen molar-refractivity contribution in [1.29, 1.82) is 0 Å². The Morgan fingerprint density at radius 2 is 2.00 bits per heavy atom. The maximum Gasteiger partial charge on any atom is 0.347 e. The summed E-state index contributed by atoms with van der Waals surface area (Å²) in [6.07, 6.45) is 2.70. The topological polar surface area (TPSA) is 108 Å². The molecule has 110 valence electrons. The average molecular weight is 290 g/mol. The fourth-order valence-electron chi connectivity index (χ4n) is 1.79. The van der Waals surface area contributed by atoms with E-state index in [1.165, 1.54) is 19.2 Å². The van der Waals surface area contributed by atoms with Crippen LogP contribution < -0.4 is 5.43 Å². The van der Waals surface area contributed by atoms with Gasteiger partial charge in [0.15, 0.2) is 0 Å². The molecule has 0 aromatic heterocycles. The number of hydrazone groups is 1. The zero-order chi connectivity index (χ0) is 15.6. The molecule has 2 heterocycles. The summed E-state index contributed by atoms with van der Waals surface area (Å²) >= 11 is 0. The van der Waals surface area contributed by atoms with Crippen molar-refractivity contribution in [3.8, 4) is 0 Å². The Hall–Kier alpha value is -2.67. The van der Waals surface area contributed by atoms with Crippen LogP contribution in [0.1, 0.15) is 33.2 Å². The van der Waals surface area contributed by atoms with Crippen LogP contribution in [0.5, 0.6) is 0 Å². The smallest absolute Gasteiger partial charge is 0.347 e. The van der Waals surface area contributed by atoms with Gasteiger partial charge in [-0.25, -0.2) is 9.59 Å². The number of aliphatic hydroxyl groups excluding tert-OH is 1. The summed E-state index contributed by atoms with van der Waals surface area (Å²) in [7, 11) is 0. The minimum atomic E-state index is -1.39. The molecule has 0 aliphatic carbocycles. The van der Waals surface area contributed by atoms with E-state index in [2.05, 4.69) is 15.3 Å². The molecule has 2 aliphatic heterocycles. The standard InChI is InChI=1S/C9H6O3.C5H8N2O2/c1-5-3-2-4-6-7(5)9(11)12-8(6)10;1-5(9)4(8)2-3-6-7-5/h2-4H,1H3;2-3,7-9H,1H3. The second-order valence-corrected chi connectivity index (χ2v) is 4.69. The van der Waals surface area contributed by atoms with Crippen LogP contribution in [0.25, 0.3) is 0 Å². The molecule has 1 aromatic rings. The van der Waals surface area contributed by atoms with E-state index >= 15 is 0 Å². The van der Waals surface area contributed by atoms with Crippen molar-refractivity contribution in [2.24, 2.45) is 5.10 Å². The maximum atomic E-state index is 11.1. The minimum Gasteiger partial charge on any atom is -0.507 e. The molecule has 0 saturated heterocycles. The number of allylic oxidation sites excluding steroid dienone is 1. The SMILES string of the molecule is CC1(O)NN=CC=C1O.Cc1cccc2c1C(=O)OC2=O. The molecule has 1 atom stereocenters. The Balaban J connectivity index is 0.000000161. The van der Waals surface area contributed by atoms with Gasteiger partial charge in [0.1, 0.15) is 5.76 Å². The van der Waals surface area contributed by atoms with Gasteiger partial charge < -0.3 is 14.9 Å². The van der Waals surface area contributed by atoms with Crippen molar-refractivity contribution in [2.75, 3.05) is 0 Å². The number of carbonyl (C=O) groups excluding carboxylic acids is 2. The Kier molecular flexibility index (Phi) is 3.77. The van der Waals surface area contributed by atoms with Crippen LogP contribution in [0.2, 0.25) is 0 Å². The van der Waals surface area contributed by atoms with Gasteiger partial charge in [-0.1, -0.05) is 12.1 Å². The summed E-state index contributed by atoms with van der Waals surface area (Å²) in [4.78, 5) is 22.0. The van der Waals surface area contributed by atoms with E-state index in [-0.39, 0.29) is 5.76 Å². The van der Waals surface area contributed by atoms with Crippen molar-refractivity contribution in [2.45, 2.75) is 19.6 Å². The predicted octanol–water partition coefficient (Wildman–Crippen LogP) is 1.03. The summed E-state index contributed by atoms with van der Waals surface area (Å²) in [5.41, 5.74) is 2.48. The normalized spacial score (nSPS) is 22.5. The third kappa shape index (κ3) is 2.92. The Morgan fingerprint density at radius 3 is 2.52 bits per heavy atom. The van der Waals surface area contributed by atoms with E-state index in [1.807, 2.05) is 0 Å². The van der Waals surface area contributed by atoms with Crippen LogP contribution in [0.3, 0.4) is 0 Å². The number of nitrogens with zero attached hydrogens (tertiary/aromatic N) is 1. The van der Waals surface area contributed by atoms with Crippen LogP contribution in [-0.2, 0) is 4.74 Å². The van der Waals surface area contributed by atoms with Crippen LogP contribution in [0, 0.1) is 6.92 Å². The van der Waals surface area contributed by atoms with Crippen molar-refractivity contribution in [3.05, 3.63) is 46.7 Å². The molecule has 3 rings (SSSR count). The number of ether oxygens (including phenoxy) is 1. The minimum absolute atomic E-state index is 0.127. The lowest BCUT2D eigenvalue weighted by Crippen LogP contribution is -2.42. The molecule has 0 spiro atoms. The molecule has 2 aliphatic rings. The second kappa shape index (κ2) is 5.37. The van der Waals surface area contributed by atoms with E-state index in [1.54, 1.807) is 25.1 Å². The fraction of sp³-hybridized carbons (Fsp3) is 0.214. The average Bonchev–Trinajstić information content (AvgIpc) is 2.71. The monoisotopic (exact) mass is 290 g/mol. The van der Waals surface area contributed by atoms with Gasteiger partial charge in [-0.15, -0.1) is 0 Å². The van der Waals surface area contributed by atoms with Crippen molar-refractivity contribution >= 4 is 18.2 Å². The highest BCUT2D eigenvalue weighted by atomic mass is 16.6. The van der Waals surface area contributed by atoms with Crippen LogP contribution in [0.15, 0.2) is 35.1 Å². The van der Waals surface area contributed by atoms with E-state index in [0.717, 1.165) is 5.56 Å². The zero-order valence-electron chi connectivity index (χ0n) is 11.5. The first-order valence-electron chi connectivity index (χ1n) is 6.11. The highest BCUT2D eigenvalue weighted by molar-refractivity contribution is 6.15. The van der Waals surface area contributed by atoms with Gasteiger partial charge in [0, 0.05) is 6.08 Å². The first-order chi connectivity index (χ1) is 9.83. The molecular weight excluding hydrogens is 276 g/mol. The van der Waals surface area contributed by atoms with Gasteiger partial charge in [-0.2, -0.15) is 5.10 Å². The second-order valence-electron chi connectivity index (χ2n) is 4.69. The van der Waals surface area contributed by atoms with E-state index in [0.29, 0.717) is 11.1 Å². The van der Waals surface area contributed by atoms with Gasteiger partial charge in [-0.3, -0.25) is 5.43 Å². The molecule has 0 bridgehead atoms. The number of hydrogen-bond acceptors (Lipinski definition) is 7. The third-order valence-corrected chi connectivity index (χ3v) is 2.97. The van der Waals surface area contributed by atoms with Crippen molar-refractivity contribution in [3.63, 3.8) is 0 Å². The molecule has 0 amide bonds. The van der Waals surface area contributed by atoms with Gasteiger partial charge in [0.05, 0.1) is 17.3 Å². The largest absolute Gasteiger partial charge is 0.507 e. The van der Waals surface area contributed by atoms with Gasteiger partial charge in [0.2, 0.25) is 5.72 Å². The van der Waals surface area contributed by atoms with E-state index in [9.17, 15) is 9.59 Å². The van der Waals surface area contributed by atoms with Crippen LogP contribution in [0.4, 0.5) is 0 Å². The quantitative estimate of drug-likeness (QED) is 0.486. The molecule has 1 unspecified atom stereocenters. The Bertz CT molecular complexity index is 661. The molecule has 0 saturated carbocycles. The predicted molar refractivity (Wildman–Crippen MR) is 73.9 cm³/mol. The molecule has 21 heavy (non-hydrogen) atoms. The summed E-state index contributed by atoms with van der Waals surface area (Å²) in [6, 6.07) is 5.10. The number of hydrogen-bond donors (Lipinski definition) is 3. The summed E-state index contributed by atoms with van der Waals surface area (Å²) in [6.45, 7) is 3.19. The highest BCUT2D eigenvalue weighted by Crippen LogP contribution is 2.22. The van der Waals surface area contributed by atoms with Gasteiger partial charge >= 0.3 is 11.9 Å². The number of rotatable bonds is 0. The molecule has 7 heteroatoms. The highest BCUT2D eigenvalue weighted by Gasteiger charge is 2.30. The number of aliphatic hydroxyl groups is 2. The lowest BCUT2D eigenvalue weighted by atomic mass is 10.0. The summed E-state index contributed by atoms with van der Waals surface area (Å²) in [5, 5.41) is 21.5. The maximum absolute atomic E-state index is 11.1. The van der Waals surface area contributed by atoms with Crippen molar-refractivity contribution < 1.29 is 24.5 Å². The molecule has 0 fully saturated rings. The van der Waals surface area contributed by atoms with Gasteiger partial charge in [0.25, 0.3) is 0 Å². The van der Waals surface area contributed by atoms with Crippen LogP contribution in [-0.4, -0.2) is 34.1 Å². The number of fused-ring (bicyclic) bond motifs is 1. The molecule has 0 radical (unpaired) electrons. The fourth-order valence-corrected chi connectivity index (χ4v) is 1.79. The number of carbonyl (C=O) groups is 2. The number of cyclic esters (lactones) is 2. The molecule has 1 aromatic carbocycles. The van der Waals surface area contributed by atoms with E-state index < -0.39 is 17.7 Å². The number of nitrogens with one attached hydrogen (secondary N) is 1. The first kappa shape index (κ1) is 14.7. The lowest BCUT2D eigenvalue weighted by molar-refractivity contribution is 0.0203. The van der Waals surface area contributed by atoms with Crippen molar-refractivity contribution in [1.82, 2.24) is 5.43 Å². The zero-order valence-corrected chi connectivity index (χ0v) is 11.5. The molecular formula is C14H14N2O5. The molecule has 7 nitrogen and oxygen atoms in total. The third-order valence-electron chi connectivity index (χ3n) is 2.97. The lowest BCUT2D eigenvalue weighted by Gasteiger charge is -2.23. The van der Waals surface area contributed by atoms with E-state index in [4.69, 9.17) is 10.2 Å². The first-order valence-corrected chi connectivity index (χ1v) is 6.11. The number of aryl methyl sites for hydroxylation is 1. The number of esters is 2. The van der Waals surface area contributed by atoms with Gasteiger partial charge in [-0.05, 0) is 25.5 Å².